The zero-order valence-corrected chi connectivity index (χ0v) is 15.0. The number of hydrogen-bond acceptors (Lipinski definition) is 3. The number of hydrogen-bond donors (Lipinski definition) is 2. The smallest absolute Gasteiger partial charge is 0.317 e. The molecule has 1 aliphatic rings. The van der Waals surface area contributed by atoms with Crippen LogP contribution in [-0.2, 0) is 10.2 Å². The second-order valence-corrected chi connectivity index (χ2v) is 7.01. The third-order valence-corrected chi connectivity index (χ3v) is 4.76. The fourth-order valence-electron chi connectivity index (χ4n) is 3.28. The van der Waals surface area contributed by atoms with E-state index in [1.807, 2.05) is 32.0 Å². The SMILES string of the molecule is CC(O)CN(C(=O)NCC1(c2ccccc2)CCOCC1)C(C)C. The van der Waals surface area contributed by atoms with E-state index in [0.717, 1.165) is 12.8 Å². The van der Waals surface area contributed by atoms with Gasteiger partial charge in [0.05, 0.1) is 6.10 Å². The third-order valence-electron chi connectivity index (χ3n) is 4.76. The van der Waals surface area contributed by atoms with Gasteiger partial charge in [-0.1, -0.05) is 30.3 Å². The van der Waals surface area contributed by atoms with Crippen LogP contribution >= 0.6 is 0 Å². The Hall–Kier alpha value is -1.59. The molecule has 1 saturated heterocycles. The molecule has 1 aromatic carbocycles. The van der Waals surface area contributed by atoms with Crippen molar-refractivity contribution < 1.29 is 14.6 Å². The monoisotopic (exact) mass is 334 g/mol. The van der Waals surface area contributed by atoms with Crippen LogP contribution in [0.5, 0.6) is 0 Å². The van der Waals surface area contributed by atoms with Crippen molar-refractivity contribution in [2.24, 2.45) is 0 Å². The summed E-state index contributed by atoms with van der Waals surface area (Å²) >= 11 is 0. The highest BCUT2D eigenvalue weighted by atomic mass is 16.5. The molecule has 2 rings (SSSR count). The first-order valence-electron chi connectivity index (χ1n) is 8.80. The molecule has 1 aromatic rings. The summed E-state index contributed by atoms with van der Waals surface area (Å²) in [4.78, 5) is 14.3. The minimum Gasteiger partial charge on any atom is -0.392 e. The number of nitrogens with zero attached hydrogens (tertiary/aromatic N) is 1. The van der Waals surface area contributed by atoms with Crippen molar-refractivity contribution in [2.75, 3.05) is 26.3 Å². The first-order valence-corrected chi connectivity index (χ1v) is 8.80. The Morgan fingerprint density at radius 1 is 1.25 bits per heavy atom. The second-order valence-electron chi connectivity index (χ2n) is 7.01. The first kappa shape index (κ1) is 18.7. The Labute approximate surface area is 145 Å². The van der Waals surface area contributed by atoms with E-state index in [4.69, 9.17) is 4.74 Å². The van der Waals surface area contributed by atoms with E-state index in [1.165, 1.54) is 5.56 Å². The lowest BCUT2D eigenvalue weighted by molar-refractivity contribution is 0.0494. The summed E-state index contributed by atoms with van der Waals surface area (Å²) in [7, 11) is 0. The summed E-state index contributed by atoms with van der Waals surface area (Å²) in [5.74, 6) is 0. The van der Waals surface area contributed by atoms with Crippen molar-refractivity contribution in [2.45, 2.75) is 51.2 Å². The van der Waals surface area contributed by atoms with Crippen molar-refractivity contribution >= 4 is 6.03 Å². The lowest BCUT2D eigenvalue weighted by Gasteiger charge is -2.39. The number of amides is 2. The highest BCUT2D eigenvalue weighted by Gasteiger charge is 2.35. The van der Waals surface area contributed by atoms with Crippen LogP contribution in [0.1, 0.15) is 39.2 Å². The second kappa shape index (κ2) is 8.49. The van der Waals surface area contributed by atoms with Crippen LogP contribution in [0.15, 0.2) is 30.3 Å². The van der Waals surface area contributed by atoms with Gasteiger partial charge < -0.3 is 20.1 Å². The van der Waals surface area contributed by atoms with E-state index in [2.05, 4.69) is 17.4 Å². The van der Waals surface area contributed by atoms with Gasteiger partial charge in [-0.05, 0) is 39.2 Å². The molecule has 2 amide bonds. The highest BCUT2D eigenvalue weighted by molar-refractivity contribution is 5.74. The fourth-order valence-corrected chi connectivity index (χ4v) is 3.28. The lowest BCUT2D eigenvalue weighted by atomic mass is 9.74. The molecule has 1 heterocycles. The van der Waals surface area contributed by atoms with E-state index in [-0.39, 0.29) is 17.5 Å². The molecule has 0 saturated carbocycles. The summed E-state index contributed by atoms with van der Waals surface area (Å²) in [6.07, 6.45) is 1.26. The van der Waals surface area contributed by atoms with Crippen LogP contribution in [0.4, 0.5) is 4.79 Å². The minimum atomic E-state index is -0.538. The zero-order valence-electron chi connectivity index (χ0n) is 15.0. The Morgan fingerprint density at radius 3 is 2.42 bits per heavy atom. The molecule has 2 N–H and O–H groups in total. The molecule has 24 heavy (non-hydrogen) atoms. The summed E-state index contributed by atoms with van der Waals surface area (Å²) in [5, 5.41) is 12.7. The third kappa shape index (κ3) is 4.71. The molecule has 1 fully saturated rings. The Balaban J connectivity index is 2.09. The molecule has 134 valence electrons. The van der Waals surface area contributed by atoms with Crippen LogP contribution < -0.4 is 5.32 Å². The van der Waals surface area contributed by atoms with Crippen LogP contribution in [-0.4, -0.2) is 54.5 Å². The Morgan fingerprint density at radius 2 is 1.88 bits per heavy atom. The van der Waals surface area contributed by atoms with Gasteiger partial charge in [-0.3, -0.25) is 0 Å². The van der Waals surface area contributed by atoms with E-state index in [0.29, 0.717) is 26.3 Å². The van der Waals surface area contributed by atoms with Crippen LogP contribution in [0.25, 0.3) is 0 Å². The maximum atomic E-state index is 12.6. The summed E-state index contributed by atoms with van der Waals surface area (Å²) in [6, 6.07) is 10.3. The van der Waals surface area contributed by atoms with E-state index >= 15 is 0 Å². The molecule has 0 bridgehead atoms. The van der Waals surface area contributed by atoms with Gasteiger partial charge in [0.25, 0.3) is 0 Å². The average Bonchev–Trinajstić information content (AvgIpc) is 2.59. The number of carbonyl (C=O) groups excluding carboxylic acids is 1. The summed E-state index contributed by atoms with van der Waals surface area (Å²) < 4.78 is 5.54. The normalized spacial score (nSPS) is 18.2. The van der Waals surface area contributed by atoms with Crippen molar-refractivity contribution in [3.63, 3.8) is 0 Å². The van der Waals surface area contributed by atoms with Gasteiger partial charge >= 0.3 is 6.03 Å². The Kier molecular flexibility index (Phi) is 6.63. The van der Waals surface area contributed by atoms with Gasteiger partial charge in [-0.15, -0.1) is 0 Å². The Bertz CT molecular complexity index is 511. The fraction of sp³-hybridized carbons (Fsp3) is 0.632. The minimum absolute atomic E-state index is 0.0435. The number of aliphatic hydroxyl groups is 1. The predicted molar refractivity (Wildman–Crippen MR) is 95.1 cm³/mol. The quantitative estimate of drug-likeness (QED) is 0.840. The van der Waals surface area contributed by atoms with Gasteiger partial charge in [0.2, 0.25) is 0 Å². The number of nitrogens with one attached hydrogen (secondary N) is 1. The summed E-state index contributed by atoms with van der Waals surface area (Å²) in [5.41, 5.74) is 1.17. The number of benzene rings is 1. The van der Waals surface area contributed by atoms with E-state index in [9.17, 15) is 9.90 Å². The molecule has 5 nitrogen and oxygen atoms in total. The average molecular weight is 334 g/mol. The molecule has 1 atom stereocenters. The molecule has 5 heteroatoms. The van der Waals surface area contributed by atoms with Crippen molar-refractivity contribution in [1.29, 1.82) is 0 Å². The van der Waals surface area contributed by atoms with Crippen LogP contribution in [0.2, 0.25) is 0 Å². The largest absolute Gasteiger partial charge is 0.392 e. The molecule has 0 aliphatic carbocycles. The van der Waals surface area contributed by atoms with Gasteiger partial charge in [0.15, 0.2) is 0 Å². The summed E-state index contributed by atoms with van der Waals surface area (Å²) in [6.45, 7) is 7.98. The van der Waals surface area contributed by atoms with Crippen LogP contribution in [0.3, 0.4) is 0 Å². The van der Waals surface area contributed by atoms with E-state index < -0.39 is 6.10 Å². The van der Waals surface area contributed by atoms with Gasteiger partial charge in [-0.2, -0.15) is 0 Å². The molecule has 1 unspecified atom stereocenters. The van der Waals surface area contributed by atoms with Crippen molar-refractivity contribution in [1.82, 2.24) is 10.2 Å². The van der Waals surface area contributed by atoms with E-state index in [1.54, 1.807) is 11.8 Å². The zero-order chi connectivity index (χ0) is 17.6. The van der Waals surface area contributed by atoms with Crippen LogP contribution in [0, 0.1) is 0 Å². The standard InChI is InChI=1S/C19H30N2O3/c1-15(2)21(13-16(3)22)18(23)20-14-19(9-11-24-12-10-19)17-7-5-4-6-8-17/h4-8,15-16,22H,9-14H2,1-3H3,(H,20,23). The van der Waals surface area contributed by atoms with Crippen molar-refractivity contribution in [3.05, 3.63) is 35.9 Å². The topological polar surface area (TPSA) is 61.8 Å². The molecule has 0 aromatic heterocycles. The molecule has 0 radical (unpaired) electrons. The first-order chi connectivity index (χ1) is 11.4. The molecule has 0 spiro atoms. The number of rotatable bonds is 6. The molecular formula is C19H30N2O3. The molecule has 1 aliphatic heterocycles. The lowest BCUT2D eigenvalue weighted by Crippen LogP contribution is -2.51. The molecular weight excluding hydrogens is 304 g/mol. The number of urea groups is 1. The highest BCUT2D eigenvalue weighted by Crippen LogP contribution is 2.34. The maximum absolute atomic E-state index is 12.6. The number of carbonyl (C=O) groups is 1. The van der Waals surface area contributed by atoms with Gasteiger partial charge in [-0.25, -0.2) is 4.79 Å². The van der Waals surface area contributed by atoms with Gasteiger partial charge in [0, 0.05) is 37.8 Å². The predicted octanol–water partition coefficient (Wildman–Crippen LogP) is 2.54. The van der Waals surface area contributed by atoms with Crippen molar-refractivity contribution in [3.8, 4) is 0 Å². The number of aliphatic hydroxyl groups excluding tert-OH is 1. The van der Waals surface area contributed by atoms with Gasteiger partial charge in [0.1, 0.15) is 0 Å². The maximum Gasteiger partial charge on any atom is 0.317 e. The number of ether oxygens (including phenoxy) is 1.